The molecule has 0 aliphatic rings. The van der Waals surface area contributed by atoms with Crippen LogP contribution in [0, 0.1) is 11.3 Å². The number of aliphatic carboxylic acids is 1. The van der Waals surface area contributed by atoms with Gasteiger partial charge in [-0.1, -0.05) is 30.3 Å². The van der Waals surface area contributed by atoms with E-state index in [1.165, 1.54) is 6.08 Å². The Morgan fingerprint density at radius 1 is 1.36 bits per heavy atom. The average Bonchev–Trinajstić information content (AvgIpc) is 2.15. The van der Waals surface area contributed by atoms with E-state index >= 15 is 0 Å². The molecule has 0 amide bonds. The Balaban J connectivity index is 0.00000169. The lowest BCUT2D eigenvalue weighted by Gasteiger charge is -1.91. The third-order valence-corrected chi connectivity index (χ3v) is 1.46. The first kappa shape index (κ1) is 11.9. The van der Waals surface area contributed by atoms with Crippen LogP contribution in [-0.4, -0.2) is 11.1 Å². The van der Waals surface area contributed by atoms with Crippen LogP contribution in [0.25, 0.3) is 6.08 Å². The molecule has 0 saturated carbocycles. The molecule has 1 aromatic carbocycles. The first-order chi connectivity index (χ1) is 6.24. The number of quaternary nitrogens is 1. The molecule has 0 unspecified atom stereocenters. The summed E-state index contributed by atoms with van der Waals surface area (Å²) in [5, 5.41) is 17.0. The number of carboxylic acid groups (broad SMARTS) is 1. The first-order valence-corrected chi connectivity index (χ1v) is 3.64. The lowest BCUT2D eigenvalue weighted by molar-refractivity contribution is -0.132. The molecule has 1 rings (SSSR count). The first-order valence-electron chi connectivity index (χ1n) is 3.64. The van der Waals surface area contributed by atoms with Gasteiger partial charge in [0.05, 0.1) is 0 Å². The van der Waals surface area contributed by atoms with E-state index in [0.717, 1.165) is 0 Å². The van der Waals surface area contributed by atoms with Gasteiger partial charge in [0, 0.05) is 0 Å². The van der Waals surface area contributed by atoms with E-state index in [0.29, 0.717) is 5.56 Å². The molecule has 0 aliphatic carbocycles. The second-order valence-corrected chi connectivity index (χ2v) is 2.39. The van der Waals surface area contributed by atoms with Crippen molar-refractivity contribution < 1.29 is 9.90 Å². The maximum absolute atomic E-state index is 10.4. The van der Waals surface area contributed by atoms with Crippen LogP contribution >= 0.6 is 0 Å². The minimum atomic E-state index is -1.20. The van der Waals surface area contributed by atoms with E-state index in [4.69, 9.17) is 10.4 Å². The van der Waals surface area contributed by atoms with E-state index in [2.05, 4.69) is 0 Å². The SMILES string of the molecule is N#C/C(=C\c1ccccc1)C(=O)O.[NH4+]. The van der Waals surface area contributed by atoms with Crippen LogP contribution in [0.2, 0.25) is 0 Å². The van der Waals surface area contributed by atoms with Crippen molar-refractivity contribution in [2.75, 3.05) is 0 Å². The topological polar surface area (TPSA) is 97.6 Å². The number of rotatable bonds is 2. The molecule has 72 valence electrons. The Labute approximate surface area is 81.7 Å². The van der Waals surface area contributed by atoms with Crippen molar-refractivity contribution in [3.8, 4) is 6.07 Å². The quantitative estimate of drug-likeness (QED) is 0.552. The molecule has 4 heteroatoms. The third kappa shape index (κ3) is 3.09. The van der Waals surface area contributed by atoms with E-state index in [1.54, 1.807) is 30.3 Å². The molecule has 0 atom stereocenters. The third-order valence-electron chi connectivity index (χ3n) is 1.46. The van der Waals surface area contributed by atoms with Crippen LogP contribution in [0.5, 0.6) is 0 Å². The summed E-state index contributed by atoms with van der Waals surface area (Å²) in [6.45, 7) is 0. The van der Waals surface area contributed by atoms with Gasteiger partial charge in [-0.25, -0.2) is 4.79 Å². The fourth-order valence-electron chi connectivity index (χ4n) is 0.858. The molecule has 14 heavy (non-hydrogen) atoms. The minimum absolute atomic E-state index is 0. The minimum Gasteiger partial charge on any atom is -0.477 e. The molecular weight excluding hydrogens is 180 g/mol. The summed E-state index contributed by atoms with van der Waals surface area (Å²) in [4.78, 5) is 10.4. The summed E-state index contributed by atoms with van der Waals surface area (Å²) in [5.74, 6) is -1.20. The molecule has 0 spiro atoms. The Kier molecular flexibility index (Phi) is 4.68. The van der Waals surface area contributed by atoms with Crippen molar-refractivity contribution in [1.82, 2.24) is 6.15 Å². The van der Waals surface area contributed by atoms with Crippen molar-refractivity contribution in [1.29, 1.82) is 5.26 Å². The number of nitrogens with zero attached hydrogens (tertiary/aromatic N) is 1. The summed E-state index contributed by atoms with van der Waals surface area (Å²) in [6.07, 6.45) is 1.34. The number of carbonyl (C=O) groups is 1. The molecule has 0 bridgehead atoms. The molecule has 0 saturated heterocycles. The predicted molar refractivity (Wildman–Crippen MR) is 53.7 cm³/mol. The standard InChI is InChI=1S/C10H7NO2.H3N/c11-7-9(10(12)13)6-8-4-2-1-3-5-8;/h1-6H,(H,12,13);1H3/p+1/b9-6+;. The zero-order valence-corrected chi connectivity index (χ0v) is 7.77. The summed E-state index contributed by atoms with van der Waals surface area (Å²) >= 11 is 0. The molecule has 0 aromatic heterocycles. The van der Waals surface area contributed by atoms with Crippen LogP contribution in [0.4, 0.5) is 0 Å². The van der Waals surface area contributed by atoms with E-state index in [1.807, 2.05) is 6.07 Å². The van der Waals surface area contributed by atoms with Crippen molar-refractivity contribution in [3.05, 3.63) is 41.5 Å². The lowest BCUT2D eigenvalue weighted by atomic mass is 10.1. The Morgan fingerprint density at radius 3 is 2.36 bits per heavy atom. The summed E-state index contributed by atoms with van der Waals surface area (Å²) in [7, 11) is 0. The van der Waals surface area contributed by atoms with Gasteiger partial charge in [-0.05, 0) is 11.6 Å². The summed E-state index contributed by atoms with van der Waals surface area (Å²) < 4.78 is 0. The lowest BCUT2D eigenvalue weighted by Crippen LogP contribution is -1.97. The zero-order valence-electron chi connectivity index (χ0n) is 7.77. The average molecular weight is 191 g/mol. The van der Waals surface area contributed by atoms with Crippen LogP contribution in [0.1, 0.15) is 5.56 Å². The fourth-order valence-corrected chi connectivity index (χ4v) is 0.858. The highest BCUT2D eigenvalue weighted by Crippen LogP contribution is 2.05. The van der Waals surface area contributed by atoms with Crippen LogP contribution in [0.15, 0.2) is 35.9 Å². The van der Waals surface area contributed by atoms with Gasteiger partial charge in [0.2, 0.25) is 0 Å². The van der Waals surface area contributed by atoms with Crippen molar-refractivity contribution in [2.45, 2.75) is 0 Å². The highest BCUT2D eigenvalue weighted by molar-refractivity contribution is 5.96. The van der Waals surface area contributed by atoms with E-state index in [9.17, 15) is 4.79 Å². The van der Waals surface area contributed by atoms with E-state index in [-0.39, 0.29) is 11.7 Å². The molecule has 1 aromatic rings. The Bertz CT molecular complexity index is 377. The van der Waals surface area contributed by atoms with Crippen molar-refractivity contribution in [2.24, 2.45) is 0 Å². The van der Waals surface area contributed by atoms with Crippen LogP contribution < -0.4 is 6.15 Å². The van der Waals surface area contributed by atoms with Crippen molar-refractivity contribution >= 4 is 12.0 Å². The van der Waals surface area contributed by atoms with Gasteiger partial charge in [-0.15, -0.1) is 0 Å². The van der Waals surface area contributed by atoms with Crippen molar-refractivity contribution in [3.63, 3.8) is 0 Å². The molecule has 5 N–H and O–H groups in total. The predicted octanol–water partition coefficient (Wildman–Crippen LogP) is 2.05. The summed E-state index contributed by atoms with van der Waals surface area (Å²) in [6, 6.07) is 10.5. The highest BCUT2D eigenvalue weighted by atomic mass is 16.4. The Morgan fingerprint density at radius 2 is 1.93 bits per heavy atom. The van der Waals surface area contributed by atoms with Gasteiger partial charge >= 0.3 is 5.97 Å². The second-order valence-electron chi connectivity index (χ2n) is 2.39. The monoisotopic (exact) mass is 191 g/mol. The second kappa shape index (κ2) is 5.51. The van der Waals surface area contributed by atoms with Crippen LogP contribution in [-0.2, 0) is 4.79 Å². The zero-order chi connectivity index (χ0) is 9.68. The number of carboxylic acids is 1. The van der Waals surface area contributed by atoms with Gasteiger partial charge < -0.3 is 11.3 Å². The number of hydrogen-bond donors (Lipinski definition) is 2. The van der Waals surface area contributed by atoms with Gasteiger partial charge in [0.1, 0.15) is 11.6 Å². The Hall–Kier alpha value is -2.12. The normalized spacial score (nSPS) is 9.79. The molecular formula is C10H11N2O2+. The smallest absolute Gasteiger partial charge is 0.346 e. The number of benzene rings is 1. The molecule has 0 fully saturated rings. The highest BCUT2D eigenvalue weighted by Gasteiger charge is 2.04. The number of nitriles is 1. The van der Waals surface area contributed by atoms with Gasteiger partial charge in [0.15, 0.2) is 0 Å². The van der Waals surface area contributed by atoms with Gasteiger partial charge in [-0.3, -0.25) is 0 Å². The van der Waals surface area contributed by atoms with E-state index < -0.39 is 5.97 Å². The van der Waals surface area contributed by atoms with Gasteiger partial charge in [-0.2, -0.15) is 5.26 Å². The van der Waals surface area contributed by atoms with Gasteiger partial charge in [0.25, 0.3) is 0 Å². The maximum Gasteiger partial charge on any atom is 0.346 e. The maximum atomic E-state index is 10.4. The summed E-state index contributed by atoms with van der Waals surface area (Å²) in [5.41, 5.74) is 0.452. The largest absolute Gasteiger partial charge is 0.477 e. The molecule has 0 aliphatic heterocycles. The number of hydrogen-bond acceptors (Lipinski definition) is 2. The van der Waals surface area contributed by atoms with Crippen LogP contribution in [0.3, 0.4) is 0 Å². The molecule has 0 heterocycles. The molecule has 4 nitrogen and oxygen atoms in total. The fraction of sp³-hybridized carbons (Fsp3) is 0. The molecule has 0 radical (unpaired) electrons.